The molecule has 152 valence electrons. The first kappa shape index (κ1) is 20.7. The van der Waals surface area contributed by atoms with Crippen LogP contribution in [0.4, 0.5) is 0 Å². The van der Waals surface area contributed by atoms with Crippen LogP contribution in [0.5, 0.6) is 11.5 Å². The fourth-order valence-electron chi connectivity index (χ4n) is 3.43. The molecule has 0 saturated heterocycles. The lowest BCUT2D eigenvalue weighted by molar-refractivity contribution is 0.0998. The van der Waals surface area contributed by atoms with E-state index in [1.807, 2.05) is 43.3 Å². The summed E-state index contributed by atoms with van der Waals surface area (Å²) in [4.78, 5) is 12.1. The number of nitrogens with zero attached hydrogens (tertiary/aromatic N) is 1. The van der Waals surface area contributed by atoms with Gasteiger partial charge in [-0.25, -0.2) is 0 Å². The van der Waals surface area contributed by atoms with E-state index < -0.39 is 5.91 Å². The van der Waals surface area contributed by atoms with Gasteiger partial charge < -0.3 is 15.2 Å². The summed E-state index contributed by atoms with van der Waals surface area (Å²) in [6.07, 6.45) is 1.65. The van der Waals surface area contributed by atoms with Gasteiger partial charge in [0.1, 0.15) is 11.5 Å². The first-order valence-corrected chi connectivity index (χ1v) is 9.62. The molecule has 0 atom stereocenters. The predicted octanol–water partition coefficient (Wildman–Crippen LogP) is 3.86. The van der Waals surface area contributed by atoms with E-state index >= 15 is 0 Å². The van der Waals surface area contributed by atoms with Crippen molar-refractivity contribution in [3.05, 3.63) is 75.1 Å². The Morgan fingerprint density at radius 3 is 2.55 bits per heavy atom. The SMILES string of the molecule is COc1cc(CCc2n[nH]c(Cc3cccc(Cl)c3)c2C(N)=O)c(OC)cc1C. The Morgan fingerprint density at radius 1 is 1.14 bits per heavy atom. The van der Waals surface area contributed by atoms with Crippen molar-refractivity contribution < 1.29 is 14.3 Å². The molecule has 0 bridgehead atoms. The topological polar surface area (TPSA) is 90.2 Å². The quantitative estimate of drug-likeness (QED) is 0.586. The molecule has 0 aliphatic carbocycles. The Morgan fingerprint density at radius 2 is 1.90 bits per heavy atom. The molecule has 0 fully saturated rings. The Balaban J connectivity index is 1.85. The molecule has 29 heavy (non-hydrogen) atoms. The van der Waals surface area contributed by atoms with E-state index in [-0.39, 0.29) is 0 Å². The summed E-state index contributed by atoms with van der Waals surface area (Å²) in [6.45, 7) is 1.96. The fraction of sp³-hybridized carbons (Fsp3) is 0.273. The van der Waals surface area contributed by atoms with Crippen LogP contribution in [0.25, 0.3) is 0 Å². The number of rotatable bonds is 8. The summed E-state index contributed by atoms with van der Waals surface area (Å²) < 4.78 is 10.9. The molecule has 3 N–H and O–H groups in total. The van der Waals surface area contributed by atoms with E-state index in [2.05, 4.69) is 10.2 Å². The highest BCUT2D eigenvalue weighted by Crippen LogP contribution is 2.29. The minimum atomic E-state index is -0.501. The van der Waals surface area contributed by atoms with E-state index in [0.29, 0.717) is 41.2 Å². The molecule has 0 radical (unpaired) electrons. The number of carbonyl (C=O) groups excluding carboxylic acids is 1. The summed E-state index contributed by atoms with van der Waals surface area (Å²) in [7, 11) is 3.27. The first-order chi connectivity index (χ1) is 13.9. The number of ether oxygens (including phenoxy) is 2. The van der Waals surface area contributed by atoms with Crippen molar-refractivity contribution in [2.45, 2.75) is 26.2 Å². The van der Waals surface area contributed by atoms with E-state index in [1.165, 1.54) is 0 Å². The van der Waals surface area contributed by atoms with E-state index in [4.69, 9.17) is 26.8 Å². The summed E-state index contributed by atoms with van der Waals surface area (Å²) in [5.41, 5.74) is 10.4. The molecule has 1 amide bonds. The second-order valence-corrected chi connectivity index (χ2v) is 7.26. The zero-order valence-corrected chi connectivity index (χ0v) is 17.5. The summed E-state index contributed by atoms with van der Waals surface area (Å²) in [6, 6.07) is 11.4. The summed E-state index contributed by atoms with van der Waals surface area (Å²) in [5.74, 6) is 1.07. The van der Waals surface area contributed by atoms with Gasteiger partial charge in [0.25, 0.3) is 5.91 Å². The van der Waals surface area contributed by atoms with Gasteiger partial charge >= 0.3 is 0 Å². The molecule has 0 aliphatic heterocycles. The van der Waals surface area contributed by atoms with Gasteiger partial charge in [-0.1, -0.05) is 23.7 Å². The average molecular weight is 414 g/mol. The first-order valence-electron chi connectivity index (χ1n) is 9.24. The van der Waals surface area contributed by atoms with Crippen LogP contribution in [0.15, 0.2) is 36.4 Å². The Labute approximate surface area is 175 Å². The van der Waals surface area contributed by atoms with Gasteiger partial charge in [0.2, 0.25) is 0 Å². The van der Waals surface area contributed by atoms with Gasteiger partial charge in [-0.2, -0.15) is 5.10 Å². The number of aromatic nitrogens is 2. The normalized spacial score (nSPS) is 10.8. The number of nitrogens with one attached hydrogen (secondary N) is 1. The molecule has 0 unspecified atom stereocenters. The summed E-state index contributed by atoms with van der Waals surface area (Å²) in [5, 5.41) is 7.97. The molecule has 6 nitrogen and oxygen atoms in total. The maximum Gasteiger partial charge on any atom is 0.252 e. The third kappa shape index (κ3) is 4.71. The van der Waals surface area contributed by atoms with Gasteiger partial charge in [0.05, 0.1) is 31.2 Å². The molecule has 0 aliphatic rings. The third-order valence-electron chi connectivity index (χ3n) is 4.86. The predicted molar refractivity (Wildman–Crippen MR) is 113 cm³/mol. The smallest absolute Gasteiger partial charge is 0.252 e. The number of halogens is 1. The monoisotopic (exact) mass is 413 g/mol. The van der Waals surface area contributed by atoms with Crippen LogP contribution < -0.4 is 15.2 Å². The number of benzene rings is 2. The van der Waals surface area contributed by atoms with Crippen LogP contribution in [0.1, 0.15) is 38.4 Å². The van der Waals surface area contributed by atoms with E-state index in [9.17, 15) is 4.79 Å². The number of H-pyrrole nitrogens is 1. The van der Waals surface area contributed by atoms with Crippen molar-refractivity contribution in [1.29, 1.82) is 0 Å². The van der Waals surface area contributed by atoms with E-state index in [0.717, 1.165) is 28.2 Å². The number of nitrogens with two attached hydrogens (primary N) is 1. The van der Waals surface area contributed by atoms with Crippen LogP contribution in [0.2, 0.25) is 5.02 Å². The Hall–Kier alpha value is -2.99. The molecule has 3 rings (SSSR count). The van der Waals surface area contributed by atoms with Crippen LogP contribution in [0.3, 0.4) is 0 Å². The maximum absolute atomic E-state index is 12.1. The highest BCUT2D eigenvalue weighted by atomic mass is 35.5. The maximum atomic E-state index is 12.1. The van der Waals surface area contributed by atoms with Crippen molar-refractivity contribution >= 4 is 17.5 Å². The van der Waals surface area contributed by atoms with Crippen molar-refractivity contribution in [2.24, 2.45) is 5.73 Å². The van der Waals surface area contributed by atoms with Gasteiger partial charge in [-0.3, -0.25) is 9.89 Å². The van der Waals surface area contributed by atoms with Crippen molar-refractivity contribution in [3.8, 4) is 11.5 Å². The van der Waals surface area contributed by atoms with Gasteiger partial charge in [-0.05, 0) is 60.7 Å². The lowest BCUT2D eigenvalue weighted by atomic mass is 10.00. The molecule has 3 aromatic rings. The largest absolute Gasteiger partial charge is 0.496 e. The molecule has 1 aromatic heterocycles. The Kier molecular flexibility index (Phi) is 6.44. The molecular weight excluding hydrogens is 390 g/mol. The number of hydrogen-bond acceptors (Lipinski definition) is 4. The zero-order chi connectivity index (χ0) is 21.0. The van der Waals surface area contributed by atoms with Crippen LogP contribution in [-0.2, 0) is 19.3 Å². The molecule has 7 heteroatoms. The number of aromatic amines is 1. The third-order valence-corrected chi connectivity index (χ3v) is 5.10. The number of aryl methyl sites for hydroxylation is 3. The lowest BCUT2D eigenvalue weighted by Crippen LogP contribution is -2.15. The number of primary amides is 1. The average Bonchev–Trinajstić information content (AvgIpc) is 3.09. The molecule has 1 heterocycles. The van der Waals surface area contributed by atoms with Crippen LogP contribution in [0, 0.1) is 6.92 Å². The second-order valence-electron chi connectivity index (χ2n) is 6.83. The zero-order valence-electron chi connectivity index (χ0n) is 16.7. The van der Waals surface area contributed by atoms with Crippen LogP contribution >= 0.6 is 11.6 Å². The molecule has 2 aromatic carbocycles. The van der Waals surface area contributed by atoms with Crippen LogP contribution in [-0.4, -0.2) is 30.3 Å². The molecule has 0 spiro atoms. The number of methoxy groups -OCH3 is 2. The van der Waals surface area contributed by atoms with Crippen molar-refractivity contribution in [3.63, 3.8) is 0 Å². The fourth-order valence-corrected chi connectivity index (χ4v) is 3.65. The van der Waals surface area contributed by atoms with Gasteiger partial charge in [0.15, 0.2) is 0 Å². The van der Waals surface area contributed by atoms with E-state index in [1.54, 1.807) is 14.2 Å². The lowest BCUT2D eigenvalue weighted by Gasteiger charge is -2.13. The summed E-state index contributed by atoms with van der Waals surface area (Å²) >= 11 is 6.06. The minimum Gasteiger partial charge on any atom is -0.496 e. The molecular formula is C22H24ClN3O3. The molecule has 0 saturated carbocycles. The van der Waals surface area contributed by atoms with Crippen molar-refractivity contribution in [1.82, 2.24) is 10.2 Å². The highest BCUT2D eigenvalue weighted by molar-refractivity contribution is 6.30. The second kappa shape index (κ2) is 9.01. The number of amides is 1. The standard InChI is InChI=1S/C22H24ClN3O3/c1-13-9-20(29-3)15(12-19(13)28-2)7-8-17-21(22(24)27)18(26-25-17)11-14-5-4-6-16(23)10-14/h4-6,9-10,12H,7-8,11H2,1-3H3,(H2,24,27)(H,25,26). The van der Waals surface area contributed by atoms with Gasteiger partial charge in [-0.15, -0.1) is 0 Å². The number of carbonyl (C=O) groups is 1. The number of hydrogen-bond donors (Lipinski definition) is 2. The Bertz CT molecular complexity index is 1030. The minimum absolute atomic E-state index is 0.433. The van der Waals surface area contributed by atoms with Crippen molar-refractivity contribution in [2.75, 3.05) is 14.2 Å². The van der Waals surface area contributed by atoms with Gasteiger partial charge in [0, 0.05) is 11.4 Å². The highest BCUT2D eigenvalue weighted by Gasteiger charge is 2.19.